The first-order valence-corrected chi connectivity index (χ1v) is 28.8. The Labute approximate surface area is 443 Å². The number of carbonyl (C=O) groups is 4. The maximum Gasteiger partial charge on any atom is 0.259 e. The van der Waals surface area contributed by atoms with Crippen molar-refractivity contribution in [1.82, 2.24) is 29.8 Å². The van der Waals surface area contributed by atoms with Gasteiger partial charge in [-0.25, -0.2) is 18.4 Å². The fourth-order valence-corrected chi connectivity index (χ4v) is 13.0. The summed E-state index contributed by atoms with van der Waals surface area (Å²) in [5, 5.41) is 9.98. The number of carbonyl (C=O) groups excluding carboxylic acids is 4. The highest BCUT2D eigenvalue weighted by molar-refractivity contribution is 7.91. The second kappa shape index (κ2) is 20.9. The maximum atomic E-state index is 15.4. The van der Waals surface area contributed by atoms with E-state index >= 15 is 9.59 Å². The van der Waals surface area contributed by atoms with Crippen LogP contribution in [0.25, 0.3) is 21.6 Å². The summed E-state index contributed by atoms with van der Waals surface area (Å²) in [6, 6.07) is 19.2. The number of piperazine rings is 1. The molecule has 4 fully saturated rings. The quantitative estimate of drug-likeness (QED) is 0.102. The Morgan fingerprint density at radius 1 is 0.933 bits per heavy atom. The first-order valence-electron chi connectivity index (χ1n) is 26.4. The van der Waals surface area contributed by atoms with Gasteiger partial charge in [0.15, 0.2) is 0 Å². The van der Waals surface area contributed by atoms with Crippen molar-refractivity contribution in [2.45, 2.75) is 127 Å². The molecule has 18 heteroatoms. The average molecular weight is 1060 g/mol. The number of anilines is 2. The Balaban J connectivity index is 0.957. The molecule has 0 radical (unpaired) electrons. The number of aryl methyl sites for hydroxylation is 2. The third-order valence-electron chi connectivity index (χ3n) is 15.9. The number of nitrogens with zero attached hydrogens (tertiary/aromatic N) is 5. The largest absolute Gasteiger partial charge is 0.496 e. The van der Waals surface area contributed by atoms with Gasteiger partial charge in [-0.2, -0.15) is 0 Å². The van der Waals surface area contributed by atoms with Crippen LogP contribution in [-0.4, -0.2) is 120 Å². The van der Waals surface area contributed by atoms with Gasteiger partial charge < -0.3 is 34.8 Å². The molecule has 3 aromatic carbocycles. The molecule has 0 unspecified atom stereocenters. The number of fused-ring (bicyclic) bond motifs is 3. The summed E-state index contributed by atoms with van der Waals surface area (Å²) in [7, 11) is -2.42. The lowest BCUT2D eigenvalue weighted by molar-refractivity contribution is -0.140. The Bertz CT molecular complexity index is 3160. The van der Waals surface area contributed by atoms with Gasteiger partial charge in [0.05, 0.1) is 29.6 Å². The third-order valence-corrected chi connectivity index (χ3v) is 19.0. The minimum atomic E-state index is -4.03. The van der Waals surface area contributed by atoms with Crippen LogP contribution in [0.15, 0.2) is 84.3 Å². The molecule has 2 aliphatic carbocycles. The predicted molar refractivity (Wildman–Crippen MR) is 292 cm³/mol. The van der Waals surface area contributed by atoms with Gasteiger partial charge in [0, 0.05) is 77.9 Å². The van der Waals surface area contributed by atoms with Crippen LogP contribution in [0.2, 0.25) is 0 Å². The van der Waals surface area contributed by atoms with Crippen LogP contribution in [0.1, 0.15) is 112 Å². The van der Waals surface area contributed by atoms with E-state index in [1.165, 1.54) is 22.6 Å². The molecule has 2 saturated carbocycles. The van der Waals surface area contributed by atoms with E-state index in [0.29, 0.717) is 97.6 Å². The van der Waals surface area contributed by atoms with Crippen LogP contribution in [0.3, 0.4) is 0 Å². The monoisotopic (exact) mass is 1060 g/mol. The number of benzene rings is 3. The third kappa shape index (κ3) is 10.6. The van der Waals surface area contributed by atoms with Crippen molar-refractivity contribution in [2.75, 3.05) is 50.1 Å². The summed E-state index contributed by atoms with van der Waals surface area (Å²) in [6.45, 7) is 12.4. The summed E-state index contributed by atoms with van der Waals surface area (Å²) < 4.78 is 40.9. The van der Waals surface area contributed by atoms with Crippen LogP contribution in [0.5, 0.6) is 11.5 Å². The van der Waals surface area contributed by atoms with Crippen molar-refractivity contribution in [2.24, 2.45) is 5.92 Å². The van der Waals surface area contributed by atoms with E-state index in [2.05, 4.69) is 53.2 Å². The standard InChI is InChI=1S/C57H68N8O8S2/c1-35(2)45-34-74-52(60-45)44-31-49(42-21-22-48(72-6)37(4)50(42)59-44)73-41-30-47-51(66)61-57(55(69)62-75(70,71)56(5)23-24-56)32-39(57)17-10-8-7-9-11-19-43(54(68)65(47)33-41)58-40-18-14-16-38(29-40)53(67)64-27-25-63(26-28-64)46-20-13-12-15-36(46)3/h10,12-18,20-22,29,31,34-35,39,41,43,47,58H,7-9,11,19,23-28,30,32-33H2,1-6H3,(H,61,66)(H,62,69)/b17-10-/t39-,41-,43+,47+,57-/m1/s1. The molecule has 10 rings (SSSR count). The van der Waals surface area contributed by atoms with Crippen LogP contribution in [0, 0.1) is 19.8 Å². The van der Waals surface area contributed by atoms with Crippen LogP contribution in [-0.2, 0) is 24.4 Å². The lowest BCUT2D eigenvalue weighted by Gasteiger charge is -2.37. The highest BCUT2D eigenvalue weighted by Crippen LogP contribution is 2.48. The van der Waals surface area contributed by atoms with E-state index in [4.69, 9.17) is 19.4 Å². The Morgan fingerprint density at radius 2 is 1.72 bits per heavy atom. The van der Waals surface area contributed by atoms with E-state index in [0.717, 1.165) is 29.1 Å². The number of sulfonamides is 1. The number of pyridine rings is 1. The fourth-order valence-electron chi connectivity index (χ4n) is 10.8. The number of allylic oxidation sites excluding steroid dienone is 1. The zero-order valence-corrected chi connectivity index (χ0v) is 45.3. The van der Waals surface area contributed by atoms with Crippen molar-refractivity contribution in [3.05, 3.63) is 107 Å². The molecule has 0 bridgehead atoms. The van der Waals surface area contributed by atoms with Crippen molar-refractivity contribution in [1.29, 1.82) is 0 Å². The topological polar surface area (TPSA) is 192 Å². The highest BCUT2D eigenvalue weighted by atomic mass is 32.2. The second-order valence-corrected chi connectivity index (χ2v) is 24.6. The van der Waals surface area contributed by atoms with Crippen molar-refractivity contribution < 1.29 is 37.1 Å². The second-order valence-electron chi connectivity index (χ2n) is 21.6. The van der Waals surface area contributed by atoms with E-state index in [1.54, 1.807) is 31.1 Å². The normalized spacial score (nSPS) is 24.3. The van der Waals surface area contributed by atoms with E-state index < -0.39 is 56.2 Å². The summed E-state index contributed by atoms with van der Waals surface area (Å²) in [5.41, 5.74) is 4.95. The number of hydrogen-bond acceptors (Lipinski definition) is 13. The molecule has 0 spiro atoms. The number of methoxy groups -OCH3 is 1. The van der Waals surface area contributed by atoms with Crippen LogP contribution < -0.4 is 29.7 Å². The molecule has 4 amide bonds. The number of ether oxygens (including phenoxy) is 2. The highest BCUT2D eigenvalue weighted by Gasteiger charge is 2.63. The Morgan fingerprint density at radius 3 is 2.45 bits per heavy atom. The molecule has 5 aromatic rings. The molecule has 2 saturated heterocycles. The number of thiazole rings is 1. The molecule has 5 atom stereocenters. The van der Waals surface area contributed by atoms with Gasteiger partial charge >= 0.3 is 0 Å². The minimum Gasteiger partial charge on any atom is -0.496 e. The number of hydrogen-bond donors (Lipinski definition) is 3. The Kier molecular flexibility index (Phi) is 14.5. The summed E-state index contributed by atoms with van der Waals surface area (Å²) in [5.74, 6) is -0.869. The first-order chi connectivity index (χ1) is 36.0. The lowest BCUT2D eigenvalue weighted by atomic mass is 10.0. The van der Waals surface area contributed by atoms with Gasteiger partial charge in [0.2, 0.25) is 21.8 Å². The van der Waals surface area contributed by atoms with Crippen molar-refractivity contribution >= 4 is 67.3 Å². The fraction of sp³-hybridized carbons (Fsp3) is 0.474. The zero-order valence-electron chi connectivity index (χ0n) is 43.7. The van der Waals surface area contributed by atoms with Crippen molar-refractivity contribution in [3.8, 4) is 22.2 Å². The smallest absolute Gasteiger partial charge is 0.259 e. The van der Waals surface area contributed by atoms with E-state index in [-0.39, 0.29) is 37.1 Å². The number of nitrogens with one attached hydrogen (secondary N) is 3. The van der Waals surface area contributed by atoms with Gasteiger partial charge in [-0.1, -0.05) is 63.1 Å². The van der Waals surface area contributed by atoms with Crippen molar-refractivity contribution in [3.63, 3.8) is 0 Å². The molecule has 5 aliphatic rings. The molecule has 2 aromatic heterocycles. The number of aromatic nitrogens is 2. The molecular weight excluding hydrogens is 989 g/mol. The first kappa shape index (κ1) is 51.9. The minimum absolute atomic E-state index is 0.0282. The molecule has 396 valence electrons. The van der Waals surface area contributed by atoms with E-state index in [9.17, 15) is 18.0 Å². The number of rotatable bonds is 12. The number of amides is 4. The molecule has 75 heavy (non-hydrogen) atoms. The number of para-hydroxylation sites is 1. The molecule has 5 heterocycles. The molecule has 3 N–H and O–H groups in total. The van der Waals surface area contributed by atoms with E-state index in [1.807, 2.05) is 71.8 Å². The van der Waals surface area contributed by atoms with Crippen LogP contribution >= 0.6 is 11.3 Å². The lowest BCUT2D eigenvalue weighted by Crippen LogP contribution is -2.58. The molecule has 16 nitrogen and oxygen atoms in total. The van der Waals surface area contributed by atoms with Gasteiger partial charge in [-0.05, 0) is 107 Å². The van der Waals surface area contributed by atoms with Gasteiger partial charge in [0.25, 0.3) is 11.8 Å². The van der Waals surface area contributed by atoms with Gasteiger partial charge in [-0.3, -0.25) is 23.9 Å². The zero-order chi connectivity index (χ0) is 52.8. The summed E-state index contributed by atoms with van der Waals surface area (Å²) in [4.78, 5) is 74.6. The van der Waals surface area contributed by atoms with Crippen LogP contribution in [0.4, 0.5) is 11.4 Å². The van der Waals surface area contributed by atoms with Gasteiger partial charge in [-0.15, -0.1) is 11.3 Å². The predicted octanol–water partition coefficient (Wildman–Crippen LogP) is 8.29. The Hall–Kier alpha value is -6.53. The summed E-state index contributed by atoms with van der Waals surface area (Å²) >= 11 is 1.49. The maximum absolute atomic E-state index is 15.4. The molecular formula is C57H68N8O8S2. The SMILES string of the molecule is COc1ccc2c(O[C@@H]3C[C@H]4C(=O)N[C@]5(C(=O)NS(=O)(=O)C6(C)CC6)C[C@H]5/C=C\CCCCC[C@H](Nc5cccc(C(=O)N6CCN(c7ccccc7C)CC6)c5)C(=O)N4C3)cc(-c3nc(C(C)C)cs3)nc2c1C. The average Bonchev–Trinajstić information content (AvgIpc) is 4.22. The van der Waals surface area contributed by atoms with Gasteiger partial charge in [0.1, 0.15) is 45.9 Å². The summed E-state index contributed by atoms with van der Waals surface area (Å²) in [6.07, 6.45) is 7.83. The molecule has 3 aliphatic heterocycles.